The minimum atomic E-state index is 0.0636. The summed E-state index contributed by atoms with van der Waals surface area (Å²) in [6, 6.07) is 14.8. The van der Waals surface area contributed by atoms with Gasteiger partial charge in [0, 0.05) is 22.3 Å². The highest BCUT2D eigenvalue weighted by atomic mass is 79.9. The molecule has 0 aliphatic rings. The summed E-state index contributed by atoms with van der Waals surface area (Å²) in [5.74, 6) is 0.648. The summed E-state index contributed by atoms with van der Waals surface area (Å²) in [6.07, 6.45) is 1.66. The standard InChI is InChI=1S/C14H10BrN3O/c15-11-5-3-4-10(8-11)12-9-14(19)18(17-12)13-6-1-2-7-16-13/h1-9,19H. The number of halogens is 1. The molecule has 1 aromatic carbocycles. The Morgan fingerprint density at radius 2 is 1.95 bits per heavy atom. The third-order valence-corrected chi connectivity index (χ3v) is 3.17. The molecule has 1 N–H and O–H groups in total. The lowest BCUT2D eigenvalue weighted by Gasteiger charge is -2.00. The zero-order valence-electron chi connectivity index (χ0n) is 9.86. The van der Waals surface area contributed by atoms with Crippen molar-refractivity contribution in [2.24, 2.45) is 0 Å². The van der Waals surface area contributed by atoms with Crippen molar-refractivity contribution in [1.82, 2.24) is 14.8 Å². The molecule has 0 unspecified atom stereocenters. The number of hydrogen-bond donors (Lipinski definition) is 1. The SMILES string of the molecule is Oc1cc(-c2cccc(Br)c2)nn1-c1ccccn1. The van der Waals surface area contributed by atoms with Crippen molar-refractivity contribution >= 4 is 15.9 Å². The number of pyridine rings is 1. The molecule has 19 heavy (non-hydrogen) atoms. The lowest BCUT2D eigenvalue weighted by Crippen LogP contribution is -1.98. The van der Waals surface area contributed by atoms with Crippen LogP contribution in [-0.2, 0) is 0 Å². The molecule has 0 spiro atoms. The van der Waals surface area contributed by atoms with Gasteiger partial charge in [0.1, 0.15) is 0 Å². The Kier molecular flexibility index (Phi) is 3.05. The molecule has 5 heteroatoms. The van der Waals surface area contributed by atoms with Gasteiger partial charge < -0.3 is 5.11 Å². The molecular formula is C14H10BrN3O. The third-order valence-electron chi connectivity index (χ3n) is 2.68. The van der Waals surface area contributed by atoms with Crippen LogP contribution in [0.4, 0.5) is 0 Å². The lowest BCUT2D eigenvalue weighted by molar-refractivity contribution is 0.432. The van der Waals surface area contributed by atoms with Crippen molar-refractivity contribution in [3.05, 3.63) is 59.2 Å². The summed E-state index contributed by atoms with van der Waals surface area (Å²) in [5, 5.41) is 14.3. The normalized spacial score (nSPS) is 10.6. The molecule has 2 aromatic heterocycles. The molecule has 2 heterocycles. The number of aromatic hydroxyl groups is 1. The lowest BCUT2D eigenvalue weighted by atomic mass is 10.2. The number of benzene rings is 1. The first-order valence-corrected chi connectivity index (χ1v) is 6.50. The molecule has 94 valence electrons. The molecular weight excluding hydrogens is 306 g/mol. The Hall–Kier alpha value is -2.14. The van der Waals surface area contributed by atoms with E-state index < -0.39 is 0 Å². The van der Waals surface area contributed by atoms with Crippen molar-refractivity contribution in [3.63, 3.8) is 0 Å². The fourth-order valence-corrected chi connectivity index (χ4v) is 2.21. The van der Waals surface area contributed by atoms with Gasteiger partial charge in [-0.05, 0) is 24.3 Å². The molecule has 0 atom stereocenters. The quantitative estimate of drug-likeness (QED) is 0.788. The first kappa shape index (κ1) is 11.9. The van der Waals surface area contributed by atoms with E-state index in [4.69, 9.17) is 0 Å². The maximum atomic E-state index is 9.96. The largest absolute Gasteiger partial charge is 0.493 e. The molecule has 0 saturated heterocycles. The van der Waals surface area contributed by atoms with Gasteiger partial charge in [0.15, 0.2) is 5.82 Å². The average molecular weight is 316 g/mol. The van der Waals surface area contributed by atoms with E-state index in [1.807, 2.05) is 36.4 Å². The Morgan fingerprint density at radius 3 is 2.68 bits per heavy atom. The van der Waals surface area contributed by atoms with Gasteiger partial charge in [-0.2, -0.15) is 9.78 Å². The minimum Gasteiger partial charge on any atom is -0.493 e. The van der Waals surface area contributed by atoms with E-state index in [-0.39, 0.29) is 5.88 Å². The van der Waals surface area contributed by atoms with E-state index >= 15 is 0 Å². The second-order valence-corrected chi connectivity index (χ2v) is 4.91. The van der Waals surface area contributed by atoms with Crippen LogP contribution in [0.25, 0.3) is 17.1 Å². The van der Waals surface area contributed by atoms with Crippen LogP contribution in [0.1, 0.15) is 0 Å². The molecule has 0 fully saturated rings. The van der Waals surface area contributed by atoms with Crippen LogP contribution >= 0.6 is 15.9 Å². The average Bonchev–Trinajstić information content (AvgIpc) is 2.82. The van der Waals surface area contributed by atoms with E-state index in [0.29, 0.717) is 11.5 Å². The van der Waals surface area contributed by atoms with E-state index in [0.717, 1.165) is 10.0 Å². The maximum Gasteiger partial charge on any atom is 0.216 e. The summed E-state index contributed by atoms with van der Waals surface area (Å²) < 4.78 is 2.38. The minimum absolute atomic E-state index is 0.0636. The molecule has 0 bridgehead atoms. The summed E-state index contributed by atoms with van der Waals surface area (Å²) in [6.45, 7) is 0. The topological polar surface area (TPSA) is 50.9 Å². The van der Waals surface area contributed by atoms with Crippen molar-refractivity contribution in [2.75, 3.05) is 0 Å². The fraction of sp³-hybridized carbons (Fsp3) is 0. The molecule has 0 aliphatic heterocycles. The van der Waals surface area contributed by atoms with Crippen molar-refractivity contribution in [1.29, 1.82) is 0 Å². The fourth-order valence-electron chi connectivity index (χ4n) is 1.81. The zero-order valence-corrected chi connectivity index (χ0v) is 11.4. The van der Waals surface area contributed by atoms with Gasteiger partial charge in [0.2, 0.25) is 5.88 Å². The van der Waals surface area contributed by atoms with E-state index in [1.54, 1.807) is 18.3 Å². The third kappa shape index (κ3) is 2.37. The van der Waals surface area contributed by atoms with Gasteiger partial charge in [0.05, 0.1) is 5.69 Å². The highest BCUT2D eigenvalue weighted by Gasteiger charge is 2.10. The van der Waals surface area contributed by atoms with Crippen LogP contribution in [0.2, 0.25) is 0 Å². The molecule has 3 rings (SSSR count). The number of aromatic nitrogens is 3. The number of rotatable bonds is 2. The highest BCUT2D eigenvalue weighted by Crippen LogP contribution is 2.26. The highest BCUT2D eigenvalue weighted by molar-refractivity contribution is 9.10. The second kappa shape index (κ2) is 4.85. The van der Waals surface area contributed by atoms with Crippen LogP contribution in [-0.4, -0.2) is 19.9 Å². The van der Waals surface area contributed by atoms with Gasteiger partial charge in [-0.25, -0.2) is 4.98 Å². The van der Waals surface area contributed by atoms with Crippen LogP contribution < -0.4 is 0 Å². The number of nitrogens with zero attached hydrogens (tertiary/aromatic N) is 3. The Bertz CT molecular complexity index is 710. The first-order valence-electron chi connectivity index (χ1n) is 5.70. The number of hydrogen-bond acceptors (Lipinski definition) is 3. The summed E-state index contributed by atoms with van der Waals surface area (Å²) in [4.78, 5) is 4.17. The first-order chi connectivity index (χ1) is 9.24. The smallest absolute Gasteiger partial charge is 0.216 e. The van der Waals surface area contributed by atoms with Gasteiger partial charge in [0.25, 0.3) is 0 Å². The van der Waals surface area contributed by atoms with Crippen LogP contribution in [0.5, 0.6) is 5.88 Å². The van der Waals surface area contributed by atoms with Gasteiger partial charge in [-0.15, -0.1) is 0 Å². The molecule has 0 saturated carbocycles. The van der Waals surface area contributed by atoms with Crippen molar-refractivity contribution in [2.45, 2.75) is 0 Å². The predicted octanol–water partition coefficient (Wildman–Crippen LogP) is 3.40. The molecule has 0 radical (unpaired) electrons. The second-order valence-electron chi connectivity index (χ2n) is 4.00. The predicted molar refractivity (Wildman–Crippen MR) is 76.2 cm³/mol. The Balaban J connectivity index is 2.07. The molecule has 0 aliphatic carbocycles. The van der Waals surface area contributed by atoms with Crippen LogP contribution in [0.3, 0.4) is 0 Å². The summed E-state index contributed by atoms with van der Waals surface area (Å²) in [7, 11) is 0. The van der Waals surface area contributed by atoms with Gasteiger partial charge in [-0.3, -0.25) is 0 Å². The van der Waals surface area contributed by atoms with Gasteiger partial charge in [-0.1, -0.05) is 34.1 Å². The van der Waals surface area contributed by atoms with Crippen molar-refractivity contribution < 1.29 is 5.11 Å². The van der Waals surface area contributed by atoms with Crippen LogP contribution in [0.15, 0.2) is 59.2 Å². The molecule has 4 nitrogen and oxygen atoms in total. The molecule has 0 amide bonds. The monoisotopic (exact) mass is 315 g/mol. The van der Waals surface area contributed by atoms with Crippen LogP contribution in [0, 0.1) is 0 Å². The van der Waals surface area contributed by atoms with Crippen molar-refractivity contribution in [3.8, 4) is 23.0 Å². The van der Waals surface area contributed by atoms with E-state index in [9.17, 15) is 5.11 Å². The molecule has 3 aromatic rings. The zero-order chi connectivity index (χ0) is 13.2. The van der Waals surface area contributed by atoms with Gasteiger partial charge >= 0.3 is 0 Å². The Labute approximate surface area is 118 Å². The summed E-state index contributed by atoms with van der Waals surface area (Å²) >= 11 is 3.42. The summed E-state index contributed by atoms with van der Waals surface area (Å²) in [5.41, 5.74) is 1.63. The maximum absolute atomic E-state index is 9.96. The Morgan fingerprint density at radius 1 is 1.05 bits per heavy atom. The van der Waals surface area contributed by atoms with E-state index in [1.165, 1.54) is 4.68 Å². The van der Waals surface area contributed by atoms with E-state index in [2.05, 4.69) is 26.0 Å².